The fourth-order valence-electron chi connectivity index (χ4n) is 4.15. The van der Waals surface area contributed by atoms with E-state index in [1.165, 1.54) is 0 Å². The largest absolute Gasteiger partial charge is 0.488 e. The molecular formula is C27H25N9O. The van der Waals surface area contributed by atoms with Crippen molar-refractivity contribution in [3.63, 3.8) is 0 Å². The van der Waals surface area contributed by atoms with Crippen LogP contribution in [0.5, 0.6) is 5.75 Å². The Balaban J connectivity index is 1.29. The maximum atomic E-state index is 6.25. The Labute approximate surface area is 213 Å². The minimum atomic E-state index is 0.395. The number of hydrogen-bond donors (Lipinski definition) is 2. The number of pyridine rings is 1. The van der Waals surface area contributed by atoms with E-state index in [4.69, 9.17) is 9.72 Å². The molecule has 0 amide bonds. The first-order chi connectivity index (χ1) is 18.2. The molecule has 1 aliphatic rings. The molecule has 10 heteroatoms. The van der Waals surface area contributed by atoms with Crippen LogP contribution in [0.15, 0.2) is 84.5 Å². The zero-order valence-corrected chi connectivity index (χ0v) is 20.2. The van der Waals surface area contributed by atoms with Crippen molar-refractivity contribution >= 4 is 28.9 Å². The number of nitrogens with one attached hydrogen (secondary N) is 2. The van der Waals surface area contributed by atoms with Gasteiger partial charge in [0.1, 0.15) is 25.4 Å². The van der Waals surface area contributed by atoms with E-state index in [0.717, 1.165) is 44.6 Å². The molecule has 0 spiro atoms. The van der Waals surface area contributed by atoms with Crippen LogP contribution >= 0.6 is 0 Å². The molecule has 0 fully saturated rings. The number of nitrogens with zero attached hydrogens (tertiary/aromatic N) is 7. The smallest absolute Gasteiger partial charge is 0.227 e. The van der Waals surface area contributed by atoms with Crippen LogP contribution < -0.4 is 15.5 Å². The summed E-state index contributed by atoms with van der Waals surface area (Å²) in [4.78, 5) is 17.7. The van der Waals surface area contributed by atoms with Crippen molar-refractivity contribution < 1.29 is 4.74 Å². The molecule has 37 heavy (non-hydrogen) atoms. The lowest BCUT2D eigenvalue weighted by atomic mass is 10.1. The van der Waals surface area contributed by atoms with E-state index in [1.807, 2.05) is 67.0 Å². The molecule has 0 radical (unpaired) electrons. The molecule has 1 aliphatic heterocycles. The van der Waals surface area contributed by atoms with Gasteiger partial charge in [-0.25, -0.2) is 15.4 Å². The maximum Gasteiger partial charge on any atom is 0.227 e. The van der Waals surface area contributed by atoms with Gasteiger partial charge >= 0.3 is 0 Å². The van der Waals surface area contributed by atoms with Crippen molar-refractivity contribution in [3.05, 3.63) is 90.6 Å². The molecule has 0 atom stereocenters. The van der Waals surface area contributed by atoms with Crippen LogP contribution in [0.4, 0.5) is 11.6 Å². The minimum absolute atomic E-state index is 0.395. The summed E-state index contributed by atoms with van der Waals surface area (Å²) in [5.41, 5.74) is 8.89. The number of hydrogen-bond acceptors (Lipinski definition) is 9. The van der Waals surface area contributed by atoms with E-state index in [1.54, 1.807) is 23.4 Å². The number of ether oxygens (including phenoxy) is 1. The van der Waals surface area contributed by atoms with Crippen LogP contribution in [0.2, 0.25) is 0 Å². The third-order valence-corrected chi connectivity index (χ3v) is 5.94. The number of benzene rings is 2. The molecule has 184 valence electrons. The lowest BCUT2D eigenvalue weighted by Gasteiger charge is -2.15. The SMILES string of the molecule is Cn1cc(-c2cc3cnc(Nc4cccc(CN5C=NCN5)c4)nc3cc2OCc2cccnc2)cn1. The standard InChI is InChI=1S/C27H25N9O/c1-35-15-22(13-31-35)24-9-21-12-30-27(33-23-6-2-4-19(8-23)14-36-18-29-17-32-36)34-25(21)10-26(24)37-16-20-5-3-7-28-11-20/h2-13,15,18,32H,14,16-17H2,1H3,(H,30,33,34). The quantitative estimate of drug-likeness (QED) is 0.335. The molecule has 0 unspecified atom stereocenters. The molecule has 6 rings (SSSR count). The van der Waals surface area contributed by atoms with Gasteiger partial charge in [-0.15, -0.1) is 0 Å². The highest BCUT2D eigenvalue weighted by molar-refractivity contribution is 5.88. The third kappa shape index (κ3) is 5.24. The normalized spacial score (nSPS) is 12.8. The number of aliphatic imine (C=N–C) groups is 1. The predicted molar refractivity (Wildman–Crippen MR) is 142 cm³/mol. The topological polar surface area (TPSA) is 105 Å². The Morgan fingerprint density at radius 3 is 2.81 bits per heavy atom. The summed E-state index contributed by atoms with van der Waals surface area (Å²) >= 11 is 0. The molecule has 0 bridgehead atoms. The van der Waals surface area contributed by atoms with Gasteiger partial charge < -0.3 is 10.1 Å². The van der Waals surface area contributed by atoms with E-state index in [9.17, 15) is 0 Å². The predicted octanol–water partition coefficient (Wildman–Crippen LogP) is 4.05. The highest BCUT2D eigenvalue weighted by Crippen LogP contribution is 2.34. The Hall–Kier alpha value is -4.83. The molecule has 4 heterocycles. The van der Waals surface area contributed by atoms with Crippen molar-refractivity contribution in [3.8, 4) is 16.9 Å². The Morgan fingerprint density at radius 2 is 2.00 bits per heavy atom. The number of aromatic nitrogens is 5. The van der Waals surface area contributed by atoms with Crippen LogP contribution in [0.1, 0.15) is 11.1 Å². The summed E-state index contributed by atoms with van der Waals surface area (Å²) in [6, 6.07) is 16.0. The summed E-state index contributed by atoms with van der Waals surface area (Å²) < 4.78 is 8.03. The number of fused-ring (bicyclic) bond motifs is 1. The van der Waals surface area contributed by atoms with Crippen molar-refractivity contribution in [2.75, 3.05) is 12.0 Å². The average molecular weight is 492 g/mol. The zero-order chi connectivity index (χ0) is 25.0. The number of hydrazine groups is 1. The zero-order valence-electron chi connectivity index (χ0n) is 20.2. The van der Waals surface area contributed by atoms with E-state index in [-0.39, 0.29) is 0 Å². The summed E-state index contributed by atoms with van der Waals surface area (Å²) in [5.74, 6) is 1.23. The first-order valence-corrected chi connectivity index (χ1v) is 11.9. The Bertz CT molecular complexity index is 1570. The van der Waals surface area contributed by atoms with Gasteiger partial charge in [0.25, 0.3) is 0 Å². The highest BCUT2D eigenvalue weighted by Gasteiger charge is 2.13. The summed E-state index contributed by atoms with van der Waals surface area (Å²) in [5, 5.41) is 10.5. The fourth-order valence-corrected chi connectivity index (χ4v) is 4.15. The number of rotatable bonds is 8. The maximum absolute atomic E-state index is 6.25. The second-order valence-electron chi connectivity index (χ2n) is 8.72. The van der Waals surface area contributed by atoms with Crippen molar-refractivity contribution in [1.29, 1.82) is 0 Å². The number of aryl methyl sites for hydroxylation is 1. The molecule has 3 aromatic heterocycles. The summed E-state index contributed by atoms with van der Waals surface area (Å²) in [6.45, 7) is 1.72. The first kappa shape index (κ1) is 22.6. The van der Waals surface area contributed by atoms with Gasteiger partial charge in [0.15, 0.2) is 0 Å². The van der Waals surface area contributed by atoms with Gasteiger partial charge in [0.05, 0.1) is 18.3 Å². The summed E-state index contributed by atoms with van der Waals surface area (Å²) in [6.07, 6.45) is 11.0. The lowest BCUT2D eigenvalue weighted by Crippen LogP contribution is -2.30. The van der Waals surface area contributed by atoms with Crippen molar-refractivity contribution in [2.45, 2.75) is 13.2 Å². The molecular weight excluding hydrogens is 466 g/mol. The molecule has 10 nitrogen and oxygen atoms in total. The minimum Gasteiger partial charge on any atom is -0.488 e. The van der Waals surface area contributed by atoms with Crippen LogP contribution in [0, 0.1) is 0 Å². The molecule has 0 saturated heterocycles. The first-order valence-electron chi connectivity index (χ1n) is 11.9. The molecule has 0 aliphatic carbocycles. The number of anilines is 2. The fraction of sp³-hybridized carbons (Fsp3) is 0.148. The Morgan fingerprint density at radius 1 is 1.05 bits per heavy atom. The van der Waals surface area contributed by atoms with Crippen LogP contribution in [-0.2, 0) is 20.2 Å². The van der Waals surface area contributed by atoms with E-state index >= 15 is 0 Å². The van der Waals surface area contributed by atoms with Crippen molar-refractivity contribution in [2.24, 2.45) is 12.0 Å². The van der Waals surface area contributed by atoms with Crippen LogP contribution in [0.3, 0.4) is 0 Å². The van der Waals surface area contributed by atoms with E-state index in [0.29, 0.717) is 25.8 Å². The van der Waals surface area contributed by atoms with Gasteiger partial charge in [0.2, 0.25) is 5.95 Å². The molecule has 0 saturated carbocycles. The molecule has 2 aromatic carbocycles. The third-order valence-electron chi connectivity index (χ3n) is 5.94. The van der Waals surface area contributed by atoms with E-state index < -0.39 is 0 Å². The second kappa shape index (κ2) is 10.0. The van der Waals surface area contributed by atoms with Gasteiger partial charge in [-0.2, -0.15) is 5.10 Å². The summed E-state index contributed by atoms with van der Waals surface area (Å²) in [7, 11) is 1.89. The van der Waals surface area contributed by atoms with Crippen molar-refractivity contribution in [1.82, 2.24) is 35.2 Å². The molecule has 5 aromatic rings. The Kier molecular flexibility index (Phi) is 6.14. The van der Waals surface area contributed by atoms with Gasteiger partial charge in [0, 0.05) is 65.7 Å². The van der Waals surface area contributed by atoms with Gasteiger partial charge in [-0.1, -0.05) is 18.2 Å². The van der Waals surface area contributed by atoms with Crippen LogP contribution in [-0.4, -0.2) is 42.7 Å². The average Bonchev–Trinajstić information content (AvgIpc) is 3.59. The van der Waals surface area contributed by atoms with Crippen LogP contribution in [0.25, 0.3) is 22.0 Å². The molecule has 2 N–H and O–H groups in total. The lowest BCUT2D eigenvalue weighted by molar-refractivity contribution is 0.307. The monoisotopic (exact) mass is 491 g/mol. The van der Waals surface area contributed by atoms with Gasteiger partial charge in [-0.05, 0) is 29.8 Å². The van der Waals surface area contributed by atoms with Gasteiger partial charge in [-0.3, -0.25) is 19.7 Å². The second-order valence-corrected chi connectivity index (χ2v) is 8.72. The van der Waals surface area contributed by atoms with E-state index in [2.05, 4.69) is 42.9 Å². The highest BCUT2D eigenvalue weighted by atomic mass is 16.5.